The third-order valence-corrected chi connectivity index (χ3v) is 9.61. The van der Waals surface area contributed by atoms with E-state index in [0.717, 1.165) is 44.9 Å². The molecule has 8 atom stereocenters. The molecule has 0 aliphatic heterocycles. The Morgan fingerprint density at radius 2 is 1.19 bits per heavy atom. The fourth-order valence-corrected chi connectivity index (χ4v) is 6.56. The monoisotopic (exact) mass is 697 g/mol. The van der Waals surface area contributed by atoms with Crippen molar-refractivity contribution in [2.45, 2.75) is 184 Å². The van der Waals surface area contributed by atoms with E-state index in [-0.39, 0.29) is 12.8 Å². The smallest absolute Gasteiger partial charge is 0.393 e. The first-order chi connectivity index (χ1) is 22.3. The van der Waals surface area contributed by atoms with E-state index < -0.39 is 75.2 Å². The van der Waals surface area contributed by atoms with Crippen molar-refractivity contribution in [2.24, 2.45) is 0 Å². The first-order valence-corrected chi connectivity index (χ1v) is 19.2. The zero-order valence-corrected chi connectivity index (χ0v) is 29.3. The van der Waals surface area contributed by atoms with Gasteiger partial charge in [0.2, 0.25) is 5.91 Å². The average Bonchev–Trinajstić information content (AvgIpc) is 3.03. The zero-order valence-electron chi connectivity index (χ0n) is 28.4. The molecule has 13 nitrogen and oxygen atoms in total. The van der Waals surface area contributed by atoms with Crippen molar-refractivity contribution in [3.8, 4) is 0 Å². The summed E-state index contributed by atoms with van der Waals surface area (Å²) in [6.45, 7) is 3.51. The van der Waals surface area contributed by atoms with Gasteiger partial charge in [0.15, 0.2) is 0 Å². The van der Waals surface area contributed by atoms with Crippen LogP contribution in [0, 0.1) is 0 Å². The van der Waals surface area contributed by atoms with E-state index in [1.807, 2.05) is 6.92 Å². The summed E-state index contributed by atoms with van der Waals surface area (Å²) in [5.41, 5.74) is 0. The second-order valence-electron chi connectivity index (χ2n) is 12.9. The number of allylic oxidation sites excluding steroid dienone is 2. The number of aliphatic hydroxyl groups excluding tert-OH is 7. The summed E-state index contributed by atoms with van der Waals surface area (Å²) >= 11 is 0. The van der Waals surface area contributed by atoms with Crippen LogP contribution in [-0.2, 0) is 18.4 Å². The van der Waals surface area contributed by atoms with Crippen molar-refractivity contribution in [1.29, 1.82) is 0 Å². The normalized spacial score (nSPS) is 26.6. The highest BCUT2D eigenvalue weighted by Crippen LogP contribution is 2.47. The Balaban J connectivity index is 2.49. The molecular weight excluding hydrogens is 633 g/mol. The molecule has 0 aromatic heterocycles. The van der Waals surface area contributed by atoms with Crippen molar-refractivity contribution in [3.05, 3.63) is 12.2 Å². The number of carbonyl (C=O) groups is 1. The van der Waals surface area contributed by atoms with Crippen LogP contribution in [0.5, 0.6) is 0 Å². The molecule has 0 bridgehead atoms. The highest BCUT2D eigenvalue weighted by Gasteiger charge is 2.51. The number of hydrogen-bond acceptors (Lipinski definition) is 11. The standard InChI is InChI=1S/C33H64NO12P/c1-3-5-7-8-9-10-11-12-13-14-15-16-17-19-20-24(35)22-27(37)34-25(26(36)21-18-6-4-2)23-45-47(43,44)46-33-31(41)29(39)28(38)30(40)32(33)42/h13-14,24-26,28-33,35-36,38-42H,3-12,15-23H2,1-2H3,(H,34,37)(H,43,44)/b14-13-. The van der Waals surface area contributed by atoms with Crippen LogP contribution >= 0.6 is 7.82 Å². The van der Waals surface area contributed by atoms with Crippen LogP contribution in [0.3, 0.4) is 0 Å². The van der Waals surface area contributed by atoms with Gasteiger partial charge in [-0.1, -0.05) is 96.6 Å². The topological polar surface area (TPSA) is 226 Å². The molecule has 0 heterocycles. The Morgan fingerprint density at radius 1 is 0.723 bits per heavy atom. The second kappa shape index (κ2) is 25.1. The molecule has 1 aliphatic carbocycles. The Labute approximate surface area is 281 Å². The largest absolute Gasteiger partial charge is 0.472 e. The fraction of sp³-hybridized carbons (Fsp3) is 0.909. The maximum atomic E-state index is 12.7. The van der Waals surface area contributed by atoms with E-state index in [9.17, 15) is 50.0 Å². The van der Waals surface area contributed by atoms with E-state index in [4.69, 9.17) is 9.05 Å². The fourth-order valence-electron chi connectivity index (χ4n) is 5.59. The first kappa shape index (κ1) is 44.1. The minimum atomic E-state index is -5.08. The SMILES string of the molecule is CCCCCCCCC/C=C\CCCCCC(O)CC(=O)NC(COP(=O)(O)OC1C(O)C(O)C(O)C(O)C1O)C(O)CCCCC. The van der Waals surface area contributed by atoms with Crippen molar-refractivity contribution in [3.63, 3.8) is 0 Å². The summed E-state index contributed by atoms with van der Waals surface area (Å²) in [7, 11) is -5.08. The highest BCUT2D eigenvalue weighted by atomic mass is 31.2. The van der Waals surface area contributed by atoms with Gasteiger partial charge in [-0.25, -0.2) is 4.57 Å². The second-order valence-corrected chi connectivity index (χ2v) is 14.3. The average molecular weight is 698 g/mol. The molecule has 0 aromatic rings. The molecule has 9 N–H and O–H groups in total. The predicted octanol–water partition coefficient (Wildman–Crippen LogP) is 3.13. The Kier molecular flexibility index (Phi) is 23.5. The third-order valence-electron chi connectivity index (χ3n) is 8.63. The predicted molar refractivity (Wildman–Crippen MR) is 178 cm³/mol. The lowest BCUT2D eigenvalue weighted by atomic mass is 9.85. The van der Waals surface area contributed by atoms with Crippen molar-refractivity contribution >= 4 is 13.7 Å². The first-order valence-electron chi connectivity index (χ1n) is 17.7. The summed E-state index contributed by atoms with van der Waals surface area (Å²) in [6, 6.07) is -1.15. The molecule has 14 heteroatoms. The van der Waals surface area contributed by atoms with E-state index in [2.05, 4.69) is 24.4 Å². The van der Waals surface area contributed by atoms with Crippen molar-refractivity contribution in [2.75, 3.05) is 6.61 Å². The van der Waals surface area contributed by atoms with Crippen LogP contribution in [0.15, 0.2) is 12.2 Å². The van der Waals surface area contributed by atoms with Gasteiger partial charge in [-0.3, -0.25) is 13.8 Å². The molecule has 0 radical (unpaired) electrons. The molecule has 0 aromatic carbocycles. The van der Waals surface area contributed by atoms with Crippen LogP contribution in [0.25, 0.3) is 0 Å². The molecule has 1 amide bonds. The number of hydrogen-bond donors (Lipinski definition) is 9. The maximum absolute atomic E-state index is 12.7. The molecule has 47 heavy (non-hydrogen) atoms. The van der Waals surface area contributed by atoms with Gasteiger partial charge in [-0.2, -0.15) is 0 Å². The summed E-state index contributed by atoms with van der Waals surface area (Å²) < 4.78 is 22.5. The van der Waals surface area contributed by atoms with Gasteiger partial charge in [0.25, 0.3) is 0 Å². The molecule has 1 fully saturated rings. The van der Waals surface area contributed by atoms with E-state index >= 15 is 0 Å². The Bertz CT molecular complexity index is 880. The number of rotatable bonds is 27. The van der Waals surface area contributed by atoms with Crippen LogP contribution < -0.4 is 5.32 Å². The van der Waals surface area contributed by atoms with E-state index in [0.29, 0.717) is 12.8 Å². The quantitative estimate of drug-likeness (QED) is 0.0343. The molecule has 0 saturated heterocycles. The maximum Gasteiger partial charge on any atom is 0.472 e. The number of carbonyl (C=O) groups excluding carboxylic acids is 1. The van der Waals surface area contributed by atoms with Crippen LogP contribution in [0.1, 0.15) is 129 Å². The van der Waals surface area contributed by atoms with E-state index in [1.54, 1.807) is 0 Å². The van der Waals surface area contributed by atoms with Crippen LogP contribution in [0.4, 0.5) is 0 Å². The van der Waals surface area contributed by atoms with Gasteiger partial charge in [-0.05, 0) is 38.5 Å². The van der Waals surface area contributed by atoms with Crippen molar-refractivity contribution in [1.82, 2.24) is 5.32 Å². The minimum Gasteiger partial charge on any atom is -0.393 e. The summed E-state index contributed by atoms with van der Waals surface area (Å²) in [6.07, 6.45) is 7.04. The summed E-state index contributed by atoms with van der Waals surface area (Å²) in [4.78, 5) is 23.0. The molecule has 1 saturated carbocycles. The van der Waals surface area contributed by atoms with E-state index in [1.165, 1.54) is 44.9 Å². The summed E-state index contributed by atoms with van der Waals surface area (Å²) in [5.74, 6) is -0.582. The number of nitrogens with one attached hydrogen (secondary N) is 1. The summed E-state index contributed by atoms with van der Waals surface area (Å²) in [5, 5.41) is 73.3. The third kappa shape index (κ3) is 18.6. The van der Waals surface area contributed by atoms with Gasteiger partial charge >= 0.3 is 7.82 Å². The minimum absolute atomic E-state index is 0.234. The zero-order chi connectivity index (χ0) is 35.2. The Morgan fingerprint density at radius 3 is 1.77 bits per heavy atom. The van der Waals surface area contributed by atoms with Gasteiger partial charge in [0.1, 0.15) is 36.6 Å². The lowest BCUT2D eigenvalue weighted by molar-refractivity contribution is -0.220. The van der Waals surface area contributed by atoms with Crippen molar-refractivity contribution < 1.29 is 59.0 Å². The number of phosphoric acid groups is 1. The van der Waals surface area contributed by atoms with Gasteiger partial charge in [0.05, 0.1) is 31.3 Å². The molecule has 278 valence electrons. The molecule has 0 spiro atoms. The number of phosphoric ester groups is 1. The van der Waals surface area contributed by atoms with Gasteiger partial charge in [0, 0.05) is 0 Å². The molecule has 8 unspecified atom stereocenters. The Hall–Kier alpha value is -0.960. The van der Waals surface area contributed by atoms with Gasteiger partial charge < -0.3 is 46.0 Å². The van der Waals surface area contributed by atoms with Gasteiger partial charge in [-0.15, -0.1) is 0 Å². The lowest BCUT2D eigenvalue weighted by Crippen LogP contribution is -2.64. The lowest BCUT2D eigenvalue weighted by Gasteiger charge is -2.41. The van der Waals surface area contributed by atoms with Crippen LogP contribution in [0.2, 0.25) is 0 Å². The number of amides is 1. The number of unbranched alkanes of at least 4 members (excludes halogenated alkanes) is 12. The number of aliphatic hydroxyl groups is 7. The van der Waals surface area contributed by atoms with Crippen LogP contribution in [-0.4, -0.2) is 108 Å². The molecular formula is C33H64NO12P. The highest BCUT2D eigenvalue weighted by molar-refractivity contribution is 7.47. The molecule has 1 rings (SSSR count). The molecule has 1 aliphatic rings.